The molecule has 2 N–H and O–H groups in total. The fraction of sp³-hybridized carbons (Fsp3) is 0.261. The predicted octanol–water partition coefficient (Wildman–Crippen LogP) is 4.40. The van der Waals surface area contributed by atoms with E-state index < -0.39 is 15.9 Å². The van der Waals surface area contributed by atoms with E-state index in [9.17, 15) is 13.2 Å². The van der Waals surface area contributed by atoms with Crippen molar-refractivity contribution in [2.75, 3.05) is 28.0 Å². The number of halogens is 1. The van der Waals surface area contributed by atoms with E-state index in [2.05, 4.69) is 20.0 Å². The number of rotatable bonds is 6. The summed E-state index contributed by atoms with van der Waals surface area (Å²) in [6.07, 6.45) is 3.54. The molecule has 2 aromatic carbocycles. The van der Waals surface area contributed by atoms with Crippen molar-refractivity contribution >= 4 is 44.9 Å². The highest BCUT2D eigenvalue weighted by atomic mass is 35.5. The summed E-state index contributed by atoms with van der Waals surface area (Å²) in [4.78, 5) is 23.4. The molecule has 0 radical (unpaired) electrons. The standard InChI is InChI=1S/C23H24ClN5O3S/c1-15-6-5-7-16(2)20(15)28-33(31,32)18-10-8-17(9-11-18)26-22(30)21-19(24)14-25-23(27-21)29-12-3-4-13-29/h5-11,14,28H,3-4,12-13H2,1-2H3,(H,26,30). The summed E-state index contributed by atoms with van der Waals surface area (Å²) in [5.74, 6) is -0.0202. The molecule has 172 valence electrons. The Labute approximate surface area is 198 Å². The number of benzene rings is 2. The predicted molar refractivity (Wildman–Crippen MR) is 130 cm³/mol. The van der Waals surface area contributed by atoms with Crippen LogP contribution in [0.1, 0.15) is 34.5 Å². The summed E-state index contributed by atoms with van der Waals surface area (Å²) in [5, 5.41) is 2.86. The first kappa shape index (κ1) is 23.0. The molecule has 1 aromatic heterocycles. The van der Waals surface area contributed by atoms with Gasteiger partial charge in [-0.25, -0.2) is 18.4 Å². The van der Waals surface area contributed by atoms with Crippen LogP contribution in [0.15, 0.2) is 53.6 Å². The van der Waals surface area contributed by atoms with Gasteiger partial charge in [-0.1, -0.05) is 29.8 Å². The third-order valence-corrected chi connectivity index (χ3v) is 7.12. The van der Waals surface area contributed by atoms with Gasteiger partial charge in [-0.2, -0.15) is 0 Å². The van der Waals surface area contributed by atoms with Crippen molar-refractivity contribution in [2.45, 2.75) is 31.6 Å². The number of para-hydroxylation sites is 1. The maximum atomic E-state index is 12.8. The van der Waals surface area contributed by atoms with Crippen LogP contribution in [0.5, 0.6) is 0 Å². The summed E-state index contributed by atoms with van der Waals surface area (Å²) >= 11 is 6.16. The van der Waals surface area contributed by atoms with E-state index in [0.29, 0.717) is 17.3 Å². The Kier molecular flexibility index (Phi) is 6.53. The van der Waals surface area contributed by atoms with Gasteiger partial charge in [0.1, 0.15) is 0 Å². The molecule has 4 rings (SSSR count). The normalized spacial score (nSPS) is 13.7. The molecule has 33 heavy (non-hydrogen) atoms. The number of carbonyl (C=O) groups is 1. The third kappa shape index (κ3) is 5.09. The van der Waals surface area contributed by atoms with Gasteiger partial charge in [0.2, 0.25) is 5.95 Å². The number of nitrogens with zero attached hydrogens (tertiary/aromatic N) is 3. The van der Waals surface area contributed by atoms with E-state index >= 15 is 0 Å². The minimum absolute atomic E-state index is 0.0713. The number of hydrogen-bond donors (Lipinski definition) is 2. The van der Waals surface area contributed by atoms with Gasteiger partial charge >= 0.3 is 0 Å². The molecule has 3 aromatic rings. The second-order valence-electron chi connectivity index (χ2n) is 7.91. The lowest BCUT2D eigenvalue weighted by Crippen LogP contribution is -2.23. The second kappa shape index (κ2) is 9.36. The number of amides is 1. The fourth-order valence-corrected chi connectivity index (χ4v) is 5.04. The van der Waals surface area contributed by atoms with Crippen LogP contribution in [0.2, 0.25) is 5.02 Å². The first-order chi connectivity index (χ1) is 15.7. The van der Waals surface area contributed by atoms with Gasteiger partial charge in [0.25, 0.3) is 15.9 Å². The highest BCUT2D eigenvalue weighted by Crippen LogP contribution is 2.25. The van der Waals surface area contributed by atoms with Gasteiger partial charge in [0.15, 0.2) is 5.69 Å². The monoisotopic (exact) mass is 485 g/mol. The largest absolute Gasteiger partial charge is 0.341 e. The second-order valence-corrected chi connectivity index (χ2v) is 10.0. The highest BCUT2D eigenvalue weighted by Gasteiger charge is 2.21. The number of anilines is 3. The molecule has 0 aliphatic carbocycles. The molecule has 2 heterocycles. The van der Waals surface area contributed by atoms with E-state index in [1.807, 2.05) is 36.9 Å². The van der Waals surface area contributed by atoms with Crippen LogP contribution >= 0.6 is 11.6 Å². The number of hydrogen-bond acceptors (Lipinski definition) is 6. The van der Waals surface area contributed by atoms with Crippen molar-refractivity contribution in [3.8, 4) is 0 Å². The van der Waals surface area contributed by atoms with Crippen molar-refractivity contribution in [2.24, 2.45) is 0 Å². The fourth-order valence-electron chi connectivity index (χ4n) is 3.66. The summed E-state index contributed by atoms with van der Waals surface area (Å²) in [6.45, 7) is 5.37. The number of aryl methyl sites for hydroxylation is 2. The van der Waals surface area contributed by atoms with Gasteiger partial charge in [-0.05, 0) is 62.1 Å². The Hall–Kier alpha value is -3.17. The summed E-state index contributed by atoms with van der Waals surface area (Å²) in [6, 6.07) is 11.5. The maximum Gasteiger partial charge on any atom is 0.276 e. The topological polar surface area (TPSA) is 104 Å². The Morgan fingerprint density at radius 1 is 1.03 bits per heavy atom. The lowest BCUT2D eigenvalue weighted by atomic mass is 10.1. The van der Waals surface area contributed by atoms with Crippen LogP contribution < -0.4 is 14.9 Å². The Morgan fingerprint density at radius 3 is 2.30 bits per heavy atom. The number of aromatic nitrogens is 2. The average molecular weight is 486 g/mol. The first-order valence-corrected chi connectivity index (χ1v) is 12.4. The molecule has 0 saturated carbocycles. The van der Waals surface area contributed by atoms with Gasteiger partial charge in [-0.15, -0.1) is 0 Å². The van der Waals surface area contributed by atoms with Crippen molar-refractivity contribution in [1.82, 2.24) is 9.97 Å². The molecule has 1 saturated heterocycles. The van der Waals surface area contributed by atoms with E-state index in [4.69, 9.17) is 11.6 Å². The van der Waals surface area contributed by atoms with Crippen molar-refractivity contribution in [3.05, 3.63) is 70.5 Å². The average Bonchev–Trinajstić information content (AvgIpc) is 3.32. The first-order valence-electron chi connectivity index (χ1n) is 10.5. The molecule has 0 spiro atoms. The molecule has 1 amide bonds. The molecule has 0 atom stereocenters. The number of sulfonamides is 1. The Morgan fingerprint density at radius 2 is 1.67 bits per heavy atom. The van der Waals surface area contributed by atoms with Crippen LogP contribution in [0, 0.1) is 13.8 Å². The SMILES string of the molecule is Cc1cccc(C)c1NS(=O)(=O)c1ccc(NC(=O)c2nc(N3CCCC3)ncc2Cl)cc1. The zero-order valence-electron chi connectivity index (χ0n) is 18.3. The maximum absolute atomic E-state index is 12.8. The lowest BCUT2D eigenvalue weighted by Gasteiger charge is -2.16. The zero-order chi connectivity index (χ0) is 23.6. The zero-order valence-corrected chi connectivity index (χ0v) is 19.9. The molecule has 10 heteroatoms. The summed E-state index contributed by atoms with van der Waals surface area (Å²) in [7, 11) is -3.79. The van der Waals surface area contributed by atoms with Crippen molar-refractivity contribution in [3.63, 3.8) is 0 Å². The highest BCUT2D eigenvalue weighted by molar-refractivity contribution is 7.92. The third-order valence-electron chi connectivity index (χ3n) is 5.48. The summed E-state index contributed by atoms with van der Waals surface area (Å²) in [5.41, 5.74) is 2.71. The van der Waals surface area contributed by atoms with E-state index in [1.54, 1.807) is 0 Å². The minimum Gasteiger partial charge on any atom is -0.341 e. The number of carbonyl (C=O) groups excluding carboxylic acids is 1. The van der Waals surface area contributed by atoms with Gasteiger partial charge in [-0.3, -0.25) is 9.52 Å². The molecule has 0 unspecified atom stereocenters. The Balaban J connectivity index is 1.50. The molecule has 1 aliphatic heterocycles. The van der Waals surface area contributed by atoms with E-state index in [1.165, 1.54) is 30.5 Å². The van der Waals surface area contributed by atoms with Crippen molar-refractivity contribution < 1.29 is 13.2 Å². The van der Waals surface area contributed by atoms with Gasteiger partial charge < -0.3 is 10.2 Å². The molecular weight excluding hydrogens is 462 g/mol. The molecule has 8 nitrogen and oxygen atoms in total. The van der Waals surface area contributed by atoms with Crippen molar-refractivity contribution in [1.29, 1.82) is 0 Å². The molecule has 0 bridgehead atoms. The minimum atomic E-state index is -3.79. The van der Waals surface area contributed by atoms with Crippen LogP contribution in [0.3, 0.4) is 0 Å². The lowest BCUT2D eigenvalue weighted by molar-refractivity contribution is 0.102. The summed E-state index contributed by atoms with van der Waals surface area (Å²) < 4.78 is 28.3. The van der Waals surface area contributed by atoms with Crippen LogP contribution in [-0.4, -0.2) is 37.4 Å². The van der Waals surface area contributed by atoms with Crippen LogP contribution in [0.4, 0.5) is 17.3 Å². The Bertz CT molecular complexity index is 1270. The van der Waals surface area contributed by atoms with E-state index in [0.717, 1.165) is 37.1 Å². The van der Waals surface area contributed by atoms with Gasteiger partial charge in [0.05, 0.1) is 21.8 Å². The van der Waals surface area contributed by atoms with Crippen LogP contribution in [-0.2, 0) is 10.0 Å². The quantitative estimate of drug-likeness (QED) is 0.536. The smallest absolute Gasteiger partial charge is 0.276 e. The number of nitrogens with one attached hydrogen (secondary N) is 2. The van der Waals surface area contributed by atoms with Crippen LogP contribution in [0.25, 0.3) is 0 Å². The van der Waals surface area contributed by atoms with Gasteiger partial charge in [0, 0.05) is 18.8 Å². The molecular formula is C23H24ClN5O3S. The van der Waals surface area contributed by atoms with E-state index in [-0.39, 0.29) is 15.6 Å². The molecule has 1 fully saturated rings. The molecule has 1 aliphatic rings.